The summed E-state index contributed by atoms with van der Waals surface area (Å²) >= 11 is 0. The second kappa shape index (κ2) is 15.7. The molecule has 138 valence electrons. The van der Waals surface area contributed by atoms with Crippen molar-refractivity contribution in [3.63, 3.8) is 0 Å². The van der Waals surface area contributed by atoms with Gasteiger partial charge in [0.15, 0.2) is 0 Å². The van der Waals surface area contributed by atoms with Crippen LogP contribution in [0, 0.1) is 0 Å². The normalized spacial score (nSPS) is 13.4. The standard InChI is InChI=1S/C22H27O3P/c1-7-13-16-19-22(12-6)25-26(23-20(10-4)17-14-8-2)24-21(11-5)18-15-9-3/h7-19H,1-3,6H2,4-5H3/b16-13-,17-14-,18-15-,20-10+,21-11+,22-19+. The number of allylic oxidation sites excluding steroid dienone is 13. The summed E-state index contributed by atoms with van der Waals surface area (Å²) < 4.78 is 17.6. The summed E-state index contributed by atoms with van der Waals surface area (Å²) in [4.78, 5) is 0. The third-order valence-corrected chi connectivity index (χ3v) is 3.69. The van der Waals surface area contributed by atoms with E-state index in [1.54, 1.807) is 66.8 Å². The predicted octanol–water partition coefficient (Wildman–Crippen LogP) is 7.37. The molecule has 0 aliphatic heterocycles. The Morgan fingerprint density at radius 3 is 1.50 bits per heavy atom. The molecule has 0 aromatic carbocycles. The van der Waals surface area contributed by atoms with Gasteiger partial charge in [-0.2, -0.15) is 0 Å². The van der Waals surface area contributed by atoms with Crippen molar-refractivity contribution in [1.82, 2.24) is 0 Å². The van der Waals surface area contributed by atoms with Crippen LogP contribution in [0.4, 0.5) is 0 Å². The lowest BCUT2D eigenvalue weighted by molar-refractivity contribution is 0.271. The first kappa shape index (κ1) is 23.2. The topological polar surface area (TPSA) is 27.7 Å². The van der Waals surface area contributed by atoms with Gasteiger partial charge in [-0.15, -0.1) is 0 Å². The Hall–Kier alpha value is -2.77. The minimum absolute atomic E-state index is 0.514. The summed E-state index contributed by atoms with van der Waals surface area (Å²) in [5.74, 6) is 1.72. The Kier molecular flexibility index (Phi) is 14.1. The van der Waals surface area contributed by atoms with Gasteiger partial charge >= 0.3 is 8.60 Å². The molecule has 3 nitrogen and oxygen atoms in total. The molecule has 0 unspecified atom stereocenters. The Morgan fingerprint density at radius 1 is 0.654 bits per heavy atom. The van der Waals surface area contributed by atoms with Gasteiger partial charge in [-0.1, -0.05) is 68.8 Å². The molecule has 0 amide bonds. The molecule has 0 N–H and O–H groups in total. The monoisotopic (exact) mass is 370 g/mol. The van der Waals surface area contributed by atoms with E-state index in [0.717, 1.165) is 0 Å². The molecule has 0 heterocycles. The molecule has 0 aliphatic rings. The Morgan fingerprint density at radius 2 is 1.12 bits per heavy atom. The number of hydrogen-bond acceptors (Lipinski definition) is 3. The van der Waals surface area contributed by atoms with E-state index in [2.05, 4.69) is 26.3 Å². The van der Waals surface area contributed by atoms with Gasteiger partial charge in [-0.05, 0) is 50.3 Å². The highest BCUT2D eigenvalue weighted by molar-refractivity contribution is 7.42. The van der Waals surface area contributed by atoms with Gasteiger partial charge < -0.3 is 13.6 Å². The molecular weight excluding hydrogens is 343 g/mol. The maximum absolute atomic E-state index is 5.87. The molecule has 0 radical (unpaired) electrons. The molecule has 4 heteroatoms. The first-order valence-corrected chi connectivity index (χ1v) is 9.11. The molecular formula is C22H27O3P. The smallest absolute Gasteiger partial charge is 0.409 e. The summed E-state index contributed by atoms with van der Waals surface area (Å²) in [6, 6.07) is 0. The van der Waals surface area contributed by atoms with Gasteiger partial charge in [-0.25, -0.2) is 0 Å². The Labute approximate surface area is 159 Å². The van der Waals surface area contributed by atoms with Crippen LogP contribution in [0.3, 0.4) is 0 Å². The zero-order valence-corrected chi connectivity index (χ0v) is 16.4. The summed E-state index contributed by atoms with van der Waals surface area (Å²) in [6.07, 6.45) is 22.6. The zero-order valence-electron chi connectivity index (χ0n) is 15.5. The minimum Gasteiger partial charge on any atom is -0.409 e. The van der Waals surface area contributed by atoms with Crippen LogP contribution >= 0.6 is 8.60 Å². The molecule has 26 heavy (non-hydrogen) atoms. The van der Waals surface area contributed by atoms with E-state index in [0.29, 0.717) is 17.3 Å². The molecule has 0 aliphatic carbocycles. The van der Waals surface area contributed by atoms with Gasteiger partial charge in [0, 0.05) is 0 Å². The van der Waals surface area contributed by atoms with Crippen molar-refractivity contribution < 1.29 is 13.6 Å². The Bertz CT molecular complexity index is 610. The first-order chi connectivity index (χ1) is 12.6. The Balaban J connectivity index is 5.48. The molecule has 0 rings (SSSR count). The van der Waals surface area contributed by atoms with E-state index in [1.807, 2.05) is 26.0 Å². The minimum atomic E-state index is -1.76. The lowest BCUT2D eigenvalue weighted by atomic mass is 10.4. The third kappa shape index (κ3) is 10.9. The second-order valence-electron chi connectivity index (χ2n) is 4.46. The largest absolute Gasteiger partial charge is 0.530 e. The second-order valence-corrected chi connectivity index (χ2v) is 5.46. The van der Waals surface area contributed by atoms with Crippen molar-refractivity contribution in [2.45, 2.75) is 13.8 Å². The van der Waals surface area contributed by atoms with Crippen LogP contribution in [0.15, 0.2) is 123 Å². The predicted molar refractivity (Wildman–Crippen MR) is 114 cm³/mol. The molecule has 0 spiro atoms. The van der Waals surface area contributed by atoms with Crippen molar-refractivity contribution in [2.24, 2.45) is 0 Å². The third-order valence-electron chi connectivity index (χ3n) is 2.61. The summed E-state index contributed by atoms with van der Waals surface area (Å²) in [6.45, 7) is 18.4. The van der Waals surface area contributed by atoms with Crippen molar-refractivity contribution in [3.8, 4) is 0 Å². The molecule has 0 fully saturated rings. The van der Waals surface area contributed by atoms with Crippen LogP contribution in [0.2, 0.25) is 0 Å². The van der Waals surface area contributed by atoms with Crippen LogP contribution in [0.1, 0.15) is 13.8 Å². The van der Waals surface area contributed by atoms with Gasteiger partial charge in [0.05, 0.1) is 0 Å². The summed E-state index contributed by atoms with van der Waals surface area (Å²) in [5, 5.41) is 0. The molecule has 0 bridgehead atoms. The SMILES string of the molecule is C=C/C=C\C=C(/C=C)OP(OC(/C=C\C=C)=C/C)OC(/C=C\C=C)=C/C. The molecule has 0 atom stereocenters. The molecule has 0 aromatic rings. The fourth-order valence-corrected chi connectivity index (χ4v) is 2.46. The van der Waals surface area contributed by atoms with Crippen molar-refractivity contribution in [3.05, 3.63) is 123 Å². The molecule has 0 saturated heterocycles. The van der Waals surface area contributed by atoms with E-state index in [1.165, 1.54) is 0 Å². The lowest BCUT2D eigenvalue weighted by Gasteiger charge is -2.19. The first-order valence-electron chi connectivity index (χ1n) is 8.01. The quantitative estimate of drug-likeness (QED) is 0.192. The van der Waals surface area contributed by atoms with Crippen LogP contribution in [0.25, 0.3) is 0 Å². The van der Waals surface area contributed by atoms with Crippen LogP contribution < -0.4 is 0 Å². The van der Waals surface area contributed by atoms with E-state index < -0.39 is 8.60 Å². The highest BCUT2D eigenvalue weighted by Crippen LogP contribution is 2.47. The summed E-state index contributed by atoms with van der Waals surface area (Å²) in [7, 11) is -1.76. The van der Waals surface area contributed by atoms with E-state index in [-0.39, 0.29) is 0 Å². The average molecular weight is 370 g/mol. The van der Waals surface area contributed by atoms with E-state index >= 15 is 0 Å². The zero-order chi connectivity index (χ0) is 19.6. The summed E-state index contributed by atoms with van der Waals surface area (Å²) in [5.41, 5.74) is 0. The lowest BCUT2D eigenvalue weighted by Crippen LogP contribution is -1.95. The fraction of sp³-hybridized carbons (Fsp3) is 0.0909. The highest BCUT2D eigenvalue weighted by atomic mass is 31.2. The van der Waals surface area contributed by atoms with E-state index in [4.69, 9.17) is 13.6 Å². The van der Waals surface area contributed by atoms with Crippen molar-refractivity contribution in [2.75, 3.05) is 0 Å². The van der Waals surface area contributed by atoms with Crippen molar-refractivity contribution in [1.29, 1.82) is 0 Å². The molecule has 0 aromatic heterocycles. The molecule has 0 saturated carbocycles. The van der Waals surface area contributed by atoms with Crippen LogP contribution in [-0.4, -0.2) is 0 Å². The number of hydrogen-bond donors (Lipinski definition) is 0. The van der Waals surface area contributed by atoms with Crippen LogP contribution in [-0.2, 0) is 13.6 Å². The van der Waals surface area contributed by atoms with E-state index in [9.17, 15) is 0 Å². The van der Waals surface area contributed by atoms with Gasteiger partial charge in [0.25, 0.3) is 0 Å². The highest BCUT2D eigenvalue weighted by Gasteiger charge is 2.20. The maximum atomic E-state index is 5.87. The fourth-order valence-electron chi connectivity index (χ4n) is 1.36. The van der Waals surface area contributed by atoms with Crippen LogP contribution in [0.5, 0.6) is 0 Å². The van der Waals surface area contributed by atoms with Crippen molar-refractivity contribution >= 4 is 8.60 Å². The van der Waals surface area contributed by atoms with Gasteiger partial charge in [-0.3, -0.25) is 0 Å². The maximum Gasteiger partial charge on any atom is 0.530 e. The average Bonchev–Trinajstić information content (AvgIpc) is 2.66. The van der Waals surface area contributed by atoms with Gasteiger partial charge in [0.1, 0.15) is 17.3 Å². The number of rotatable bonds is 13. The van der Waals surface area contributed by atoms with Gasteiger partial charge in [0.2, 0.25) is 0 Å².